The molecule has 0 saturated carbocycles. The molecule has 1 aromatic rings. The minimum absolute atomic E-state index is 0.191. The fourth-order valence-corrected chi connectivity index (χ4v) is 1.39. The van der Waals surface area contributed by atoms with Crippen LogP contribution in [0, 0.1) is 6.07 Å². The van der Waals surface area contributed by atoms with Crippen LogP contribution in [0.4, 0.5) is 5.69 Å². The van der Waals surface area contributed by atoms with E-state index in [1.54, 1.807) is 23.4 Å². The van der Waals surface area contributed by atoms with Crippen LogP contribution in [0.15, 0.2) is 18.5 Å². The minimum Gasteiger partial charge on any atom is -0.311 e. The Balaban J connectivity index is 2.25. The molecule has 0 unspecified atom stereocenters. The zero-order valence-corrected chi connectivity index (χ0v) is 6.66. The molecule has 1 radical (unpaired) electrons. The number of carbonyl (C=O) groups excluding carboxylic acids is 1. The summed E-state index contributed by atoms with van der Waals surface area (Å²) in [4.78, 5) is 16.9. The van der Waals surface area contributed by atoms with E-state index in [4.69, 9.17) is 0 Å². The van der Waals surface area contributed by atoms with Crippen LogP contribution in [0.3, 0.4) is 0 Å². The van der Waals surface area contributed by atoms with Gasteiger partial charge in [-0.05, 0) is 12.5 Å². The van der Waals surface area contributed by atoms with Crippen LogP contribution in [0.2, 0.25) is 0 Å². The maximum absolute atomic E-state index is 11.3. The van der Waals surface area contributed by atoms with Crippen molar-refractivity contribution in [2.45, 2.75) is 12.8 Å². The van der Waals surface area contributed by atoms with Gasteiger partial charge in [0.05, 0.1) is 11.9 Å². The van der Waals surface area contributed by atoms with Crippen molar-refractivity contribution in [3.8, 4) is 0 Å². The lowest BCUT2D eigenvalue weighted by molar-refractivity contribution is -0.117. The molecule has 12 heavy (non-hydrogen) atoms. The topological polar surface area (TPSA) is 33.2 Å². The SMILES string of the molecule is O=C1CCCN1c1c[c]cnc1. The number of aromatic nitrogens is 1. The van der Waals surface area contributed by atoms with Gasteiger partial charge in [-0.1, -0.05) is 0 Å². The quantitative estimate of drug-likeness (QED) is 0.615. The van der Waals surface area contributed by atoms with E-state index in [1.807, 2.05) is 0 Å². The molecule has 1 amide bonds. The minimum atomic E-state index is 0.191. The number of anilines is 1. The summed E-state index contributed by atoms with van der Waals surface area (Å²) in [5.41, 5.74) is 0.861. The van der Waals surface area contributed by atoms with E-state index in [0.717, 1.165) is 18.7 Å². The van der Waals surface area contributed by atoms with Crippen LogP contribution in [0.25, 0.3) is 0 Å². The molecule has 3 nitrogen and oxygen atoms in total. The predicted octanol–water partition coefficient (Wildman–Crippen LogP) is 1.01. The molecular weight excluding hydrogens is 152 g/mol. The van der Waals surface area contributed by atoms with Gasteiger partial charge in [0.25, 0.3) is 0 Å². The maximum Gasteiger partial charge on any atom is 0.227 e. The van der Waals surface area contributed by atoms with Crippen molar-refractivity contribution in [1.82, 2.24) is 4.98 Å². The van der Waals surface area contributed by atoms with Crippen LogP contribution < -0.4 is 4.90 Å². The number of carbonyl (C=O) groups is 1. The largest absolute Gasteiger partial charge is 0.311 e. The smallest absolute Gasteiger partial charge is 0.227 e. The average molecular weight is 161 g/mol. The number of nitrogens with zero attached hydrogens (tertiary/aromatic N) is 2. The third-order valence-corrected chi connectivity index (χ3v) is 1.97. The van der Waals surface area contributed by atoms with Crippen molar-refractivity contribution in [2.24, 2.45) is 0 Å². The zero-order chi connectivity index (χ0) is 8.39. The van der Waals surface area contributed by atoms with Crippen LogP contribution in [-0.2, 0) is 4.79 Å². The van der Waals surface area contributed by atoms with E-state index in [2.05, 4.69) is 11.1 Å². The summed E-state index contributed by atoms with van der Waals surface area (Å²) in [6, 6.07) is 4.64. The van der Waals surface area contributed by atoms with Crippen LogP contribution in [0.5, 0.6) is 0 Å². The lowest BCUT2D eigenvalue weighted by atomic mass is 10.4. The highest BCUT2D eigenvalue weighted by Gasteiger charge is 2.21. The third kappa shape index (κ3) is 1.18. The Labute approximate surface area is 71.0 Å². The summed E-state index contributed by atoms with van der Waals surface area (Å²) in [5.74, 6) is 0.191. The molecule has 0 aliphatic carbocycles. The first kappa shape index (κ1) is 7.28. The molecule has 1 aliphatic rings. The molecule has 1 aromatic heterocycles. The Hall–Kier alpha value is -1.38. The van der Waals surface area contributed by atoms with Crippen molar-refractivity contribution in [3.05, 3.63) is 24.5 Å². The van der Waals surface area contributed by atoms with E-state index >= 15 is 0 Å². The average Bonchev–Trinajstić information content (AvgIpc) is 2.53. The van der Waals surface area contributed by atoms with Gasteiger partial charge in [0, 0.05) is 25.2 Å². The highest BCUT2D eigenvalue weighted by Crippen LogP contribution is 2.18. The highest BCUT2D eigenvalue weighted by molar-refractivity contribution is 5.95. The van der Waals surface area contributed by atoms with Crippen LogP contribution in [-0.4, -0.2) is 17.4 Å². The molecule has 1 fully saturated rings. The van der Waals surface area contributed by atoms with Crippen LogP contribution >= 0.6 is 0 Å². The second-order valence-corrected chi connectivity index (χ2v) is 2.79. The maximum atomic E-state index is 11.3. The first-order valence-electron chi connectivity index (χ1n) is 3.99. The standard InChI is InChI=1S/C9H9N2O/c12-9-4-2-6-11(9)8-3-1-5-10-7-8/h3,5,7H,2,4,6H2. The normalized spacial score (nSPS) is 17.0. The van der Waals surface area contributed by atoms with Crippen molar-refractivity contribution < 1.29 is 4.79 Å². The molecule has 2 rings (SSSR count). The van der Waals surface area contributed by atoms with Gasteiger partial charge < -0.3 is 4.90 Å². The Kier molecular flexibility index (Phi) is 1.78. The molecule has 0 atom stereocenters. The van der Waals surface area contributed by atoms with Gasteiger partial charge in [-0.2, -0.15) is 0 Å². The lowest BCUT2D eigenvalue weighted by Gasteiger charge is -2.13. The third-order valence-electron chi connectivity index (χ3n) is 1.97. The molecule has 1 saturated heterocycles. The number of amides is 1. The Morgan fingerprint density at radius 3 is 3.08 bits per heavy atom. The summed E-state index contributed by atoms with van der Waals surface area (Å²) < 4.78 is 0. The lowest BCUT2D eigenvalue weighted by Crippen LogP contribution is -2.23. The molecular formula is C9H9N2O. The Bertz CT molecular complexity index is 284. The monoisotopic (exact) mass is 161 g/mol. The molecule has 0 N–H and O–H groups in total. The predicted molar refractivity (Wildman–Crippen MR) is 44.7 cm³/mol. The molecule has 1 aliphatic heterocycles. The number of hydrogen-bond acceptors (Lipinski definition) is 2. The van der Waals surface area contributed by atoms with Crippen molar-refractivity contribution >= 4 is 11.6 Å². The first-order chi connectivity index (χ1) is 5.88. The summed E-state index contributed by atoms with van der Waals surface area (Å²) in [6.07, 6.45) is 4.90. The van der Waals surface area contributed by atoms with Gasteiger partial charge >= 0.3 is 0 Å². The van der Waals surface area contributed by atoms with Crippen molar-refractivity contribution in [3.63, 3.8) is 0 Å². The van der Waals surface area contributed by atoms with Gasteiger partial charge in [0.2, 0.25) is 5.91 Å². The zero-order valence-electron chi connectivity index (χ0n) is 6.66. The van der Waals surface area contributed by atoms with Gasteiger partial charge in [-0.25, -0.2) is 0 Å². The first-order valence-corrected chi connectivity index (χ1v) is 3.99. The number of rotatable bonds is 1. The molecule has 61 valence electrons. The molecule has 0 spiro atoms. The van der Waals surface area contributed by atoms with E-state index in [1.165, 1.54) is 0 Å². The van der Waals surface area contributed by atoms with Crippen LogP contribution in [0.1, 0.15) is 12.8 Å². The van der Waals surface area contributed by atoms with Gasteiger partial charge in [-0.3, -0.25) is 9.78 Å². The summed E-state index contributed by atoms with van der Waals surface area (Å²) in [6.45, 7) is 0.818. The van der Waals surface area contributed by atoms with E-state index in [-0.39, 0.29) is 5.91 Å². The van der Waals surface area contributed by atoms with Crippen molar-refractivity contribution in [2.75, 3.05) is 11.4 Å². The van der Waals surface area contributed by atoms with Crippen molar-refractivity contribution in [1.29, 1.82) is 0 Å². The van der Waals surface area contributed by atoms with Gasteiger partial charge in [0.1, 0.15) is 0 Å². The van der Waals surface area contributed by atoms with E-state index in [9.17, 15) is 4.79 Å². The van der Waals surface area contributed by atoms with Gasteiger partial charge in [0.15, 0.2) is 0 Å². The fraction of sp³-hybridized carbons (Fsp3) is 0.333. The Morgan fingerprint density at radius 1 is 1.58 bits per heavy atom. The molecule has 3 heteroatoms. The van der Waals surface area contributed by atoms with E-state index in [0.29, 0.717) is 6.42 Å². The second kappa shape index (κ2) is 2.93. The highest BCUT2D eigenvalue weighted by atomic mass is 16.2. The number of pyridine rings is 1. The summed E-state index contributed by atoms with van der Waals surface area (Å²) >= 11 is 0. The fourth-order valence-electron chi connectivity index (χ4n) is 1.39. The molecule has 0 aromatic carbocycles. The van der Waals surface area contributed by atoms with E-state index < -0.39 is 0 Å². The summed E-state index contributed by atoms with van der Waals surface area (Å²) in [5, 5.41) is 0. The number of hydrogen-bond donors (Lipinski definition) is 0. The Morgan fingerprint density at radius 2 is 2.50 bits per heavy atom. The second-order valence-electron chi connectivity index (χ2n) is 2.79. The molecule has 0 bridgehead atoms. The summed E-state index contributed by atoms with van der Waals surface area (Å²) in [7, 11) is 0. The molecule has 2 heterocycles. The van der Waals surface area contributed by atoms with Gasteiger partial charge in [-0.15, -0.1) is 0 Å².